The summed E-state index contributed by atoms with van der Waals surface area (Å²) >= 11 is 0. The highest BCUT2D eigenvalue weighted by Crippen LogP contribution is 2.28. The molecule has 1 amide bonds. The summed E-state index contributed by atoms with van der Waals surface area (Å²) in [5.41, 5.74) is -0.389. The highest BCUT2D eigenvalue weighted by molar-refractivity contribution is 5.69. The Morgan fingerprint density at radius 1 is 1.45 bits per heavy atom. The molecule has 0 unspecified atom stereocenters. The van der Waals surface area contributed by atoms with Gasteiger partial charge in [-0.3, -0.25) is 0 Å². The van der Waals surface area contributed by atoms with Crippen LogP contribution in [0, 0.1) is 6.04 Å². The number of carbonyl (C=O) groups excluding carboxylic acids is 1. The van der Waals surface area contributed by atoms with Crippen molar-refractivity contribution >= 4 is 6.09 Å². The Bertz CT molecular complexity index is 156. The molecule has 1 N–H and O–H groups in total. The molecule has 1 aliphatic carbocycles. The average Bonchev–Trinajstić information content (AvgIpc) is 2.42. The summed E-state index contributed by atoms with van der Waals surface area (Å²) in [5, 5.41) is 2.67. The molecule has 0 aromatic rings. The fourth-order valence-corrected chi connectivity index (χ4v) is 0.635. The van der Waals surface area contributed by atoms with Gasteiger partial charge in [0.15, 0.2) is 0 Å². The molecule has 0 heterocycles. The van der Waals surface area contributed by atoms with Gasteiger partial charge in [0, 0.05) is 0 Å². The molecular weight excluding hydrogens is 142 g/mol. The van der Waals surface area contributed by atoms with Crippen LogP contribution in [0.15, 0.2) is 0 Å². The lowest BCUT2D eigenvalue weighted by molar-refractivity contribution is 0.0540. The number of hydrogen-bond acceptors (Lipinski definition) is 2. The predicted octanol–water partition coefficient (Wildman–Crippen LogP) is 1.84. The minimum atomic E-state index is -0.389. The number of nitrogens with one attached hydrogen (secondary N) is 1. The molecule has 0 atom stereocenters. The standard InChI is InChI=1S/C8H14NO2/c1-8(2,3)11-7(10)9-6-4-5-6/h4-5H2,1-3H3,(H,9,10). The molecule has 3 nitrogen and oxygen atoms in total. The van der Waals surface area contributed by atoms with Crippen LogP contribution in [0.5, 0.6) is 0 Å². The molecule has 63 valence electrons. The molecule has 11 heavy (non-hydrogen) atoms. The van der Waals surface area contributed by atoms with Crippen LogP contribution in [0.4, 0.5) is 4.79 Å². The Balaban J connectivity index is 2.19. The van der Waals surface area contributed by atoms with E-state index in [2.05, 4.69) is 5.32 Å². The monoisotopic (exact) mass is 156 g/mol. The Hall–Kier alpha value is -0.730. The van der Waals surface area contributed by atoms with Gasteiger partial charge in [-0.05, 0) is 33.6 Å². The molecule has 1 radical (unpaired) electrons. The number of hydrogen-bond donors (Lipinski definition) is 1. The van der Waals surface area contributed by atoms with Crippen LogP contribution in [-0.4, -0.2) is 11.7 Å². The quantitative estimate of drug-likeness (QED) is 0.629. The molecule has 0 bridgehead atoms. The van der Waals surface area contributed by atoms with Crippen molar-refractivity contribution in [3.8, 4) is 0 Å². The fraction of sp³-hybridized carbons (Fsp3) is 0.750. The number of carbonyl (C=O) groups is 1. The predicted molar refractivity (Wildman–Crippen MR) is 41.8 cm³/mol. The summed E-state index contributed by atoms with van der Waals surface area (Å²) in [6.45, 7) is 5.55. The highest BCUT2D eigenvalue weighted by Gasteiger charge is 2.27. The number of rotatable bonds is 1. The van der Waals surface area contributed by atoms with Crippen LogP contribution in [0.2, 0.25) is 0 Å². The molecule has 1 aliphatic rings. The zero-order valence-corrected chi connectivity index (χ0v) is 7.23. The van der Waals surface area contributed by atoms with E-state index in [1.807, 2.05) is 20.8 Å². The largest absolute Gasteiger partial charge is 0.444 e. The van der Waals surface area contributed by atoms with Crippen molar-refractivity contribution in [2.75, 3.05) is 0 Å². The summed E-state index contributed by atoms with van der Waals surface area (Å²) < 4.78 is 5.02. The van der Waals surface area contributed by atoms with E-state index in [9.17, 15) is 4.79 Å². The molecule has 1 rings (SSSR count). The lowest BCUT2D eigenvalue weighted by atomic mass is 10.2. The fourth-order valence-electron chi connectivity index (χ4n) is 0.635. The SMILES string of the molecule is CC(C)(C)OC(=O)N[C]1CC1. The summed E-state index contributed by atoms with van der Waals surface area (Å²) in [5.74, 6) is 0. The van der Waals surface area contributed by atoms with Crippen molar-refractivity contribution < 1.29 is 9.53 Å². The summed E-state index contributed by atoms with van der Waals surface area (Å²) in [7, 11) is 0. The molecule has 1 fully saturated rings. The van der Waals surface area contributed by atoms with Gasteiger partial charge in [-0.1, -0.05) is 0 Å². The van der Waals surface area contributed by atoms with Gasteiger partial charge in [-0.15, -0.1) is 0 Å². The molecule has 0 saturated heterocycles. The summed E-state index contributed by atoms with van der Waals surface area (Å²) in [6, 6.07) is 1.08. The third-order valence-corrected chi connectivity index (χ3v) is 1.18. The lowest BCUT2D eigenvalue weighted by Gasteiger charge is -2.19. The van der Waals surface area contributed by atoms with Gasteiger partial charge in [-0.25, -0.2) is 4.79 Å². The third kappa shape index (κ3) is 3.86. The zero-order valence-electron chi connectivity index (χ0n) is 7.23. The van der Waals surface area contributed by atoms with E-state index in [0.717, 1.165) is 18.9 Å². The van der Waals surface area contributed by atoms with Crippen molar-refractivity contribution in [2.24, 2.45) is 0 Å². The lowest BCUT2D eigenvalue weighted by Crippen LogP contribution is -2.31. The first-order valence-corrected chi connectivity index (χ1v) is 3.82. The smallest absolute Gasteiger partial charge is 0.408 e. The van der Waals surface area contributed by atoms with E-state index in [1.165, 1.54) is 0 Å². The Labute approximate surface area is 67.1 Å². The molecular formula is C8H14NO2. The minimum absolute atomic E-state index is 0.329. The number of ether oxygens (including phenoxy) is 1. The van der Waals surface area contributed by atoms with E-state index in [4.69, 9.17) is 4.74 Å². The topological polar surface area (TPSA) is 38.3 Å². The van der Waals surface area contributed by atoms with Crippen LogP contribution in [-0.2, 0) is 4.74 Å². The van der Waals surface area contributed by atoms with Gasteiger partial charge in [-0.2, -0.15) is 0 Å². The van der Waals surface area contributed by atoms with Crippen LogP contribution < -0.4 is 5.32 Å². The molecule has 1 saturated carbocycles. The van der Waals surface area contributed by atoms with Crippen LogP contribution >= 0.6 is 0 Å². The second-order valence-corrected chi connectivity index (χ2v) is 3.73. The molecule has 0 aromatic heterocycles. The van der Waals surface area contributed by atoms with Gasteiger partial charge in [0.05, 0.1) is 6.04 Å². The van der Waals surface area contributed by atoms with Crippen molar-refractivity contribution in [1.29, 1.82) is 0 Å². The first-order chi connectivity index (χ1) is 4.97. The maximum Gasteiger partial charge on any atom is 0.408 e. The van der Waals surface area contributed by atoms with Crippen LogP contribution in [0.1, 0.15) is 33.6 Å². The highest BCUT2D eigenvalue weighted by atomic mass is 16.6. The van der Waals surface area contributed by atoms with E-state index >= 15 is 0 Å². The molecule has 0 spiro atoms. The van der Waals surface area contributed by atoms with Crippen molar-refractivity contribution in [2.45, 2.75) is 39.2 Å². The average molecular weight is 156 g/mol. The van der Waals surface area contributed by atoms with Gasteiger partial charge in [0.2, 0.25) is 0 Å². The van der Waals surface area contributed by atoms with Gasteiger partial charge < -0.3 is 10.1 Å². The van der Waals surface area contributed by atoms with E-state index in [0.29, 0.717) is 0 Å². The maximum absolute atomic E-state index is 11.0. The molecule has 3 heteroatoms. The number of amides is 1. The van der Waals surface area contributed by atoms with Crippen molar-refractivity contribution in [3.63, 3.8) is 0 Å². The normalized spacial score (nSPS) is 17.7. The van der Waals surface area contributed by atoms with Crippen molar-refractivity contribution in [1.82, 2.24) is 5.32 Å². The zero-order chi connectivity index (χ0) is 8.48. The Kier molecular flexibility index (Phi) is 2.07. The van der Waals surface area contributed by atoms with E-state index < -0.39 is 0 Å². The van der Waals surface area contributed by atoms with Crippen LogP contribution in [0.25, 0.3) is 0 Å². The van der Waals surface area contributed by atoms with Gasteiger partial charge in [0.1, 0.15) is 5.60 Å². The van der Waals surface area contributed by atoms with Crippen LogP contribution in [0.3, 0.4) is 0 Å². The summed E-state index contributed by atoms with van der Waals surface area (Å²) in [4.78, 5) is 11.0. The second-order valence-electron chi connectivity index (χ2n) is 3.73. The molecule has 0 aliphatic heterocycles. The van der Waals surface area contributed by atoms with Gasteiger partial charge in [0.25, 0.3) is 0 Å². The van der Waals surface area contributed by atoms with E-state index in [1.54, 1.807) is 0 Å². The van der Waals surface area contributed by atoms with Crippen molar-refractivity contribution in [3.05, 3.63) is 6.04 Å². The van der Waals surface area contributed by atoms with Gasteiger partial charge >= 0.3 is 6.09 Å². The Morgan fingerprint density at radius 3 is 2.36 bits per heavy atom. The minimum Gasteiger partial charge on any atom is -0.444 e. The third-order valence-electron chi connectivity index (χ3n) is 1.18. The van der Waals surface area contributed by atoms with E-state index in [-0.39, 0.29) is 11.7 Å². The first kappa shape index (κ1) is 8.37. The Morgan fingerprint density at radius 2 is 2.00 bits per heavy atom. The first-order valence-electron chi connectivity index (χ1n) is 3.82. The second kappa shape index (κ2) is 2.72. The maximum atomic E-state index is 11.0. The molecule has 0 aromatic carbocycles. The number of alkyl carbamates (subject to hydrolysis) is 1. The summed E-state index contributed by atoms with van der Waals surface area (Å²) in [6.07, 6.45) is 1.70.